The maximum Gasteiger partial charge on any atom is 0.0832 e. The van der Waals surface area contributed by atoms with Crippen LogP contribution in [0.25, 0.3) is 32.3 Å². The smallest absolute Gasteiger partial charge is 0.0832 e. The van der Waals surface area contributed by atoms with E-state index in [1.165, 1.54) is 37.9 Å². The number of hydrazone groups is 1. The van der Waals surface area contributed by atoms with Gasteiger partial charge in [-0.3, -0.25) is 5.01 Å². The molecule has 1 unspecified atom stereocenters. The van der Waals surface area contributed by atoms with E-state index in [2.05, 4.69) is 71.7 Å². The van der Waals surface area contributed by atoms with Crippen LogP contribution in [0.4, 0.5) is 17.1 Å². The fourth-order valence-electron chi connectivity index (χ4n) is 5.46. The first-order chi connectivity index (χ1) is 17.1. The van der Waals surface area contributed by atoms with Crippen molar-refractivity contribution in [3.05, 3.63) is 114 Å². The number of nitrogen functional groups attached to an aromatic ring is 2. The SMILES string of the molecule is Nc1ccc(C2=NN(c3ccc(N)cc3)C(c3cc4ccc5cccc6ccc(c3)c4c56)C2)cc1. The molecule has 7 rings (SSSR count). The summed E-state index contributed by atoms with van der Waals surface area (Å²) in [6.07, 6.45) is 0.807. The number of anilines is 3. The molecule has 0 fully saturated rings. The third kappa shape index (κ3) is 3.18. The number of nitrogens with zero attached hydrogens (tertiary/aromatic N) is 2. The lowest BCUT2D eigenvalue weighted by Gasteiger charge is -2.25. The molecule has 1 heterocycles. The second kappa shape index (κ2) is 7.47. The summed E-state index contributed by atoms with van der Waals surface area (Å²) in [7, 11) is 0. The van der Waals surface area contributed by atoms with E-state index in [0.29, 0.717) is 0 Å². The van der Waals surface area contributed by atoms with Gasteiger partial charge in [0.25, 0.3) is 0 Å². The molecular formula is C31H24N4. The van der Waals surface area contributed by atoms with E-state index >= 15 is 0 Å². The highest BCUT2D eigenvalue weighted by atomic mass is 15.5. The zero-order valence-corrected chi connectivity index (χ0v) is 19.1. The molecular weight excluding hydrogens is 428 g/mol. The van der Waals surface area contributed by atoms with Crippen LogP contribution in [0.2, 0.25) is 0 Å². The molecule has 0 spiro atoms. The molecule has 0 radical (unpaired) electrons. The highest BCUT2D eigenvalue weighted by Gasteiger charge is 2.30. The van der Waals surface area contributed by atoms with Crippen molar-refractivity contribution in [2.24, 2.45) is 5.10 Å². The Labute approximate surface area is 203 Å². The van der Waals surface area contributed by atoms with Crippen molar-refractivity contribution >= 4 is 55.1 Å². The summed E-state index contributed by atoms with van der Waals surface area (Å²) in [4.78, 5) is 0. The zero-order chi connectivity index (χ0) is 23.5. The van der Waals surface area contributed by atoms with E-state index in [1.54, 1.807) is 0 Å². The lowest BCUT2D eigenvalue weighted by molar-refractivity contribution is 0.710. The molecule has 4 nitrogen and oxygen atoms in total. The molecule has 0 amide bonds. The second-order valence-electron chi connectivity index (χ2n) is 9.38. The van der Waals surface area contributed by atoms with E-state index in [1.807, 2.05) is 36.4 Å². The minimum Gasteiger partial charge on any atom is -0.399 e. The van der Waals surface area contributed by atoms with Gasteiger partial charge in [-0.15, -0.1) is 0 Å². The number of hydrogen-bond donors (Lipinski definition) is 2. The molecule has 4 heteroatoms. The first kappa shape index (κ1) is 19.9. The van der Waals surface area contributed by atoms with Crippen LogP contribution in [-0.4, -0.2) is 5.71 Å². The van der Waals surface area contributed by atoms with Crippen LogP contribution in [0.3, 0.4) is 0 Å². The largest absolute Gasteiger partial charge is 0.399 e. The van der Waals surface area contributed by atoms with Crippen molar-refractivity contribution in [2.45, 2.75) is 12.5 Å². The topological polar surface area (TPSA) is 67.6 Å². The lowest BCUT2D eigenvalue weighted by atomic mass is 9.90. The molecule has 168 valence electrons. The molecule has 35 heavy (non-hydrogen) atoms. The van der Waals surface area contributed by atoms with Crippen LogP contribution in [0.1, 0.15) is 23.6 Å². The van der Waals surface area contributed by atoms with Gasteiger partial charge in [0.1, 0.15) is 0 Å². The van der Waals surface area contributed by atoms with Crippen molar-refractivity contribution in [2.75, 3.05) is 16.5 Å². The average Bonchev–Trinajstić information content (AvgIpc) is 3.33. The van der Waals surface area contributed by atoms with Crippen molar-refractivity contribution in [3.63, 3.8) is 0 Å². The van der Waals surface area contributed by atoms with Crippen LogP contribution < -0.4 is 16.5 Å². The third-order valence-corrected chi connectivity index (χ3v) is 7.18. The molecule has 0 aliphatic carbocycles. The maximum atomic E-state index is 5.98. The van der Waals surface area contributed by atoms with Crippen LogP contribution in [0.5, 0.6) is 0 Å². The summed E-state index contributed by atoms with van der Waals surface area (Å²) in [5.74, 6) is 0. The van der Waals surface area contributed by atoms with E-state index in [9.17, 15) is 0 Å². The lowest BCUT2D eigenvalue weighted by Crippen LogP contribution is -2.18. The quantitative estimate of drug-likeness (QED) is 0.222. The first-order valence-electron chi connectivity index (χ1n) is 11.9. The summed E-state index contributed by atoms with van der Waals surface area (Å²) < 4.78 is 0. The number of benzene rings is 6. The van der Waals surface area contributed by atoms with Crippen molar-refractivity contribution in [1.29, 1.82) is 0 Å². The Hall–Kier alpha value is -4.57. The van der Waals surface area contributed by atoms with Gasteiger partial charge in [-0.25, -0.2) is 0 Å². The molecule has 6 aromatic carbocycles. The van der Waals surface area contributed by atoms with Crippen LogP contribution in [-0.2, 0) is 0 Å². The molecule has 0 bridgehead atoms. The summed E-state index contributed by atoms with van der Waals surface area (Å²) in [5.41, 5.74) is 17.8. The van der Waals surface area contributed by atoms with Gasteiger partial charge in [0.15, 0.2) is 0 Å². The van der Waals surface area contributed by atoms with Gasteiger partial charge in [0, 0.05) is 17.8 Å². The molecule has 1 atom stereocenters. The Morgan fingerprint density at radius 2 is 1.17 bits per heavy atom. The minimum absolute atomic E-state index is 0.0769. The van der Waals surface area contributed by atoms with Gasteiger partial charge in [-0.2, -0.15) is 5.10 Å². The first-order valence-corrected chi connectivity index (χ1v) is 11.9. The normalized spacial score (nSPS) is 15.9. The van der Waals surface area contributed by atoms with Gasteiger partial charge < -0.3 is 11.5 Å². The monoisotopic (exact) mass is 452 g/mol. The molecule has 0 aromatic heterocycles. The Morgan fingerprint density at radius 1 is 0.629 bits per heavy atom. The standard InChI is InChI=1S/C31H24N4/c32-25-10-8-19(9-11-25)28-18-29(35(34-28)27-14-12-26(33)13-15-27)24-16-22-6-4-20-2-1-3-21-5-7-23(17-24)31(22)30(20)21/h1-17,29H,18,32-33H2. The fourth-order valence-corrected chi connectivity index (χ4v) is 5.46. The number of hydrogen-bond acceptors (Lipinski definition) is 4. The van der Waals surface area contributed by atoms with Gasteiger partial charge in [-0.1, -0.05) is 54.6 Å². The fraction of sp³-hybridized carbons (Fsp3) is 0.0645. The number of rotatable bonds is 3. The van der Waals surface area contributed by atoms with Crippen LogP contribution in [0.15, 0.2) is 108 Å². The third-order valence-electron chi connectivity index (χ3n) is 7.18. The van der Waals surface area contributed by atoms with E-state index in [-0.39, 0.29) is 6.04 Å². The highest BCUT2D eigenvalue weighted by molar-refractivity contribution is 6.23. The Kier molecular flexibility index (Phi) is 4.24. The van der Waals surface area contributed by atoms with Gasteiger partial charge in [0.2, 0.25) is 0 Å². The zero-order valence-electron chi connectivity index (χ0n) is 19.1. The molecule has 1 aliphatic rings. The van der Waals surface area contributed by atoms with Gasteiger partial charge in [0.05, 0.1) is 17.4 Å². The maximum absolute atomic E-state index is 5.98. The van der Waals surface area contributed by atoms with E-state index in [4.69, 9.17) is 16.6 Å². The van der Waals surface area contributed by atoms with Crippen molar-refractivity contribution in [1.82, 2.24) is 0 Å². The number of nitrogens with two attached hydrogens (primary N) is 2. The molecule has 0 saturated carbocycles. The summed E-state index contributed by atoms with van der Waals surface area (Å²) >= 11 is 0. The van der Waals surface area contributed by atoms with Crippen molar-refractivity contribution < 1.29 is 0 Å². The highest BCUT2D eigenvalue weighted by Crippen LogP contribution is 2.41. The minimum atomic E-state index is 0.0769. The van der Waals surface area contributed by atoms with Crippen LogP contribution in [0, 0.1) is 0 Å². The average molecular weight is 453 g/mol. The summed E-state index contributed by atoms with van der Waals surface area (Å²) in [6, 6.07) is 36.2. The van der Waals surface area contributed by atoms with Crippen molar-refractivity contribution in [3.8, 4) is 0 Å². The van der Waals surface area contributed by atoms with Crippen LogP contribution >= 0.6 is 0 Å². The molecule has 6 aromatic rings. The van der Waals surface area contributed by atoms with E-state index in [0.717, 1.165) is 34.8 Å². The molecule has 0 saturated heterocycles. The Balaban J connectivity index is 1.39. The van der Waals surface area contributed by atoms with E-state index < -0.39 is 0 Å². The molecule has 1 aliphatic heterocycles. The summed E-state index contributed by atoms with van der Waals surface area (Å²) in [5, 5.41) is 15.0. The predicted octanol–water partition coefficient (Wildman–Crippen LogP) is 7.10. The van der Waals surface area contributed by atoms with Gasteiger partial charge >= 0.3 is 0 Å². The predicted molar refractivity (Wildman–Crippen MR) is 148 cm³/mol. The Bertz CT molecular complexity index is 1670. The summed E-state index contributed by atoms with van der Waals surface area (Å²) in [6.45, 7) is 0. The Morgan fingerprint density at radius 3 is 1.80 bits per heavy atom. The molecule has 4 N–H and O–H groups in total. The van der Waals surface area contributed by atoms with Gasteiger partial charge in [-0.05, 0) is 92.0 Å². The second-order valence-corrected chi connectivity index (χ2v) is 9.38.